The highest BCUT2D eigenvalue weighted by Crippen LogP contribution is 2.10. The predicted octanol–water partition coefficient (Wildman–Crippen LogP) is 1.07. The molecule has 11 heteroatoms. The Hall–Kier alpha value is -2.69. The van der Waals surface area contributed by atoms with E-state index < -0.39 is 17.7 Å². The van der Waals surface area contributed by atoms with Crippen molar-refractivity contribution in [3.63, 3.8) is 0 Å². The van der Waals surface area contributed by atoms with E-state index in [-0.39, 0.29) is 22.2 Å². The minimum Gasteiger partial charge on any atom is -0.476 e. The van der Waals surface area contributed by atoms with Crippen LogP contribution in [-0.2, 0) is 9.53 Å². The van der Waals surface area contributed by atoms with Crippen molar-refractivity contribution in [1.29, 1.82) is 0 Å². The van der Waals surface area contributed by atoms with E-state index >= 15 is 0 Å². The van der Waals surface area contributed by atoms with Crippen LogP contribution in [0.1, 0.15) is 26.5 Å². The van der Waals surface area contributed by atoms with Crippen LogP contribution < -0.4 is 4.80 Å². The van der Waals surface area contributed by atoms with Gasteiger partial charge in [0.2, 0.25) is 0 Å². The van der Waals surface area contributed by atoms with Gasteiger partial charge in [-0.3, -0.25) is 0 Å². The standard InChI is InChI=1S/C14H19N5O5S/c1-14(2,3)24-12(22)16-11-15-8(7-25-11)9(10(20)21)17-19-6-5-18(4)13(19)23/h7H,5-6H2,1-4H3,(H,20,21)(H,15,16,22). The molecular formula is C14H19N5O5S. The quantitative estimate of drug-likeness (QED) is 0.770. The van der Waals surface area contributed by atoms with Crippen molar-refractivity contribution in [3.8, 4) is 0 Å². The Balaban J connectivity index is 2.27. The number of nitrogens with zero attached hydrogens (tertiary/aromatic N) is 4. The van der Waals surface area contributed by atoms with Crippen molar-refractivity contribution in [3.05, 3.63) is 15.9 Å². The lowest BCUT2D eigenvalue weighted by Crippen LogP contribution is -2.29. The average molecular weight is 369 g/mol. The topological polar surface area (TPSA) is 128 Å². The van der Waals surface area contributed by atoms with Crippen LogP contribution in [0.2, 0.25) is 0 Å². The summed E-state index contributed by atoms with van der Waals surface area (Å²) in [5, 5.41) is 15.8. The summed E-state index contributed by atoms with van der Waals surface area (Å²) in [6.07, 6.45) is -0.790. The summed E-state index contributed by atoms with van der Waals surface area (Å²) in [6.45, 7) is 5.89. The molecule has 0 spiro atoms. The van der Waals surface area contributed by atoms with E-state index in [2.05, 4.69) is 15.1 Å². The summed E-state index contributed by atoms with van der Waals surface area (Å²) < 4.78 is 5.07. The first kappa shape index (κ1) is 18.6. The largest absolute Gasteiger partial charge is 0.476 e. The van der Waals surface area contributed by atoms with Crippen molar-refractivity contribution >= 4 is 35.1 Å². The second-order valence-electron chi connectivity index (χ2n) is 6.25. The molecule has 1 aliphatic heterocycles. The third-order valence-electron chi connectivity index (χ3n) is 2.99. The fourth-order valence-corrected chi connectivity index (χ4v) is 2.58. The highest BCUT2D eigenvalue weighted by Gasteiger charge is 2.27. The van der Waals surface area contributed by atoms with Gasteiger partial charge in [-0.1, -0.05) is 0 Å². The van der Waals surface area contributed by atoms with Crippen LogP contribution in [0.4, 0.5) is 9.59 Å². The number of carboxylic acids is 1. The first-order chi connectivity index (χ1) is 11.6. The minimum atomic E-state index is -1.31. The second kappa shape index (κ2) is 7.05. The second-order valence-corrected chi connectivity index (χ2v) is 7.11. The summed E-state index contributed by atoms with van der Waals surface area (Å²) in [6, 6.07) is -0.382. The Morgan fingerprint density at radius 1 is 1.36 bits per heavy atom. The maximum absolute atomic E-state index is 11.8. The number of urea groups is 1. The van der Waals surface area contributed by atoms with Crippen LogP contribution in [0, 0.1) is 0 Å². The van der Waals surface area contributed by atoms with Crippen LogP contribution in [0.3, 0.4) is 0 Å². The number of likely N-dealkylation sites (N-methyl/N-ethyl adjacent to an activating group) is 1. The molecule has 0 saturated carbocycles. The molecule has 1 fully saturated rings. The number of aromatic nitrogens is 1. The number of carbonyl (C=O) groups excluding carboxylic acids is 2. The molecule has 2 rings (SSSR count). The number of nitrogens with one attached hydrogen (secondary N) is 1. The van der Waals surface area contributed by atoms with E-state index in [1.54, 1.807) is 27.8 Å². The van der Waals surface area contributed by atoms with Crippen molar-refractivity contribution in [2.75, 3.05) is 20.1 Å². The smallest absolute Gasteiger partial charge is 0.436 e. The molecular weight excluding hydrogens is 350 g/mol. The van der Waals surface area contributed by atoms with Crippen molar-refractivity contribution in [2.24, 2.45) is 10.1 Å². The zero-order chi connectivity index (χ0) is 18.8. The van der Waals surface area contributed by atoms with E-state index in [9.17, 15) is 19.5 Å². The van der Waals surface area contributed by atoms with Gasteiger partial charge in [0.25, 0.3) is 0 Å². The zero-order valence-corrected chi connectivity index (χ0v) is 15.1. The number of H-pyrrole nitrogens is 1. The molecule has 0 unspecified atom stereocenters. The molecule has 1 aliphatic rings. The van der Waals surface area contributed by atoms with Gasteiger partial charge in [0.1, 0.15) is 5.60 Å². The summed E-state index contributed by atoms with van der Waals surface area (Å²) in [5.74, 6) is -1.31. The summed E-state index contributed by atoms with van der Waals surface area (Å²) in [7, 11) is 1.60. The molecule has 2 N–H and O–H groups in total. The Bertz CT molecular complexity index is 788. The lowest BCUT2D eigenvalue weighted by atomic mass is 10.2. The van der Waals surface area contributed by atoms with Gasteiger partial charge >= 0.3 is 18.1 Å². The molecule has 10 nitrogen and oxygen atoms in total. The number of hydrazone groups is 1. The number of carbonyl (C=O) groups is 3. The van der Waals surface area contributed by atoms with E-state index in [4.69, 9.17) is 4.74 Å². The summed E-state index contributed by atoms with van der Waals surface area (Å²) in [4.78, 5) is 43.0. The number of aliphatic carboxylic acids is 1. The van der Waals surface area contributed by atoms with Crippen molar-refractivity contribution in [2.45, 2.75) is 26.4 Å². The van der Waals surface area contributed by atoms with E-state index in [1.165, 1.54) is 10.3 Å². The molecule has 0 aliphatic carbocycles. The first-order valence-corrected chi connectivity index (χ1v) is 8.25. The number of hydrogen-bond donors (Lipinski definition) is 2. The number of thiazole rings is 1. The predicted molar refractivity (Wildman–Crippen MR) is 89.4 cm³/mol. The van der Waals surface area contributed by atoms with E-state index in [0.717, 1.165) is 16.3 Å². The molecule has 0 radical (unpaired) electrons. The number of amides is 3. The third-order valence-corrected chi connectivity index (χ3v) is 3.76. The van der Waals surface area contributed by atoms with Crippen molar-refractivity contribution < 1.29 is 24.2 Å². The molecule has 25 heavy (non-hydrogen) atoms. The molecule has 0 bridgehead atoms. The molecule has 1 saturated heterocycles. The fourth-order valence-electron chi connectivity index (χ4n) is 1.88. The van der Waals surface area contributed by atoms with Crippen molar-refractivity contribution in [1.82, 2.24) is 14.9 Å². The molecule has 1 aromatic heterocycles. The molecule has 2 heterocycles. The van der Waals surface area contributed by atoms with Crippen LogP contribution in [0.25, 0.3) is 0 Å². The van der Waals surface area contributed by atoms with Crippen LogP contribution in [0.15, 0.2) is 15.5 Å². The van der Waals surface area contributed by atoms with Gasteiger partial charge in [0.15, 0.2) is 10.5 Å². The lowest BCUT2D eigenvalue weighted by molar-refractivity contribution is -0.129. The Labute approximate surface area is 147 Å². The number of ether oxygens (including phenoxy) is 1. The normalized spacial score (nSPS) is 16.6. The summed E-state index contributed by atoms with van der Waals surface area (Å²) in [5.41, 5.74) is -0.885. The van der Waals surface area contributed by atoms with Crippen LogP contribution in [-0.4, -0.2) is 69.5 Å². The molecule has 136 valence electrons. The molecule has 1 aromatic rings. The van der Waals surface area contributed by atoms with Gasteiger partial charge in [0.05, 0.1) is 12.2 Å². The van der Waals surface area contributed by atoms with Gasteiger partial charge in [-0.25, -0.2) is 19.4 Å². The highest BCUT2D eigenvalue weighted by molar-refractivity contribution is 7.07. The lowest BCUT2D eigenvalue weighted by Gasteiger charge is -2.16. The van der Waals surface area contributed by atoms with Gasteiger partial charge in [0, 0.05) is 19.0 Å². The average Bonchev–Trinajstić information content (AvgIpc) is 3.03. The monoisotopic (exact) mass is 369 g/mol. The Morgan fingerprint density at radius 3 is 2.56 bits per heavy atom. The number of carboxylic acid groups (broad SMARTS) is 1. The molecule has 0 aromatic carbocycles. The maximum Gasteiger partial charge on any atom is 0.436 e. The van der Waals surface area contributed by atoms with Crippen LogP contribution >= 0.6 is 11.3 Å². The Morgan fingerprint density at radius 2 is 2.04 bits per heavy atom. The maximum atomic E-state index is 11.8. The zero-order valence-electron chi connectivity index (χ0n) is 14.3. The molecule has 3 amide bonds. The van der Waals surface area contributed by atoms with Gasteiger partial charge in [-0.2, -0.15) is 5.10 Å². The number of aromatic amines is 1. The highest BCUT2D eigenvalue weighted by atomic mass is 32.1. The number of rotatable bonds is 3. The van der Waals surface area contributed by atoms with E-state index in [0.29, 0.717) is 13.1 Å². The Kier molecular flexibility index (Phi) is 5.26. The van der Waals surface area contributed by atoms with Gasteiger partial charge < -0.3 is 19.7 Å². The van der Waals surface area contributed by atoms with Crippen LogP contribution in [0.5, 0.6) is 0 Å². The first-order valence-electron chi connectivity index (χ1n) is 7.37. The van der Waals surface area contributed by atoms with Gasteiger partial charge in [-0.15, -0.1) is 16.3 Å². The molecule has 0 atom stereocenters. The van der Waals surface area contributed by atoms with Gasteiger partial charge in [-0.05, 0) is 20.8 Å². The summed E-state index contributed by atoms with van der Waals surface area (Å²) >= 11 is 1.03. The third kappa shape index (κ3) is 4.89. The number of hydrogen-bond acceptors (Lipinski definition) is 6. The fraction of sp³-hybridized carbons (Fsp3) is 0.500. The SMILES string of the molecule is CN1CCN(N=C(C(=O)O)c2csc(=NC(=O)OC(C)(C)C)[nH]2)C1=O. The minimum absolute atomic E-state index is 0.141. The van der Waals surface area contributed by atoms with E-state index in [1.807, 2.05) is 0 Å².